The van der Waals surface area contributed by atoms with Crippen molar-refractivity contribution < 1.29 is 9.15 Å². The average molecular weight is 223 g/mol. The maximum absolute atomic E-state index is 5.56. The van der Waals surface area contributed by atoms with Crippen LogP contribution < -0.4 is 5.32 Å². The molecule has 1 heterocycles. The Morgan fingerprint density at radius 3 is 3.12 bits per heavy atom. The van der Waals surface area contributed by atoms with Crippen LogP contribution in [0.25, 0.3) is 0 Å². The van der Waals surface area contributed by atoms with Crippen LogP contribution in [0.2, 0.25) is 0 Å². The van der Waals surface area contributed by atoms with Crippen molar-refractivity contribution in [2.75, 3.05) is 26.8 Å². The van der Waals surface area contributed by atoms with E-state index in [4.69, 9.17) is 9.15 Å². The summed E-state index contributed by atoms with van der Waals surface area (Å²) in [6.45, 7) is 5.03. The number of hydrogen-bond acceptors (Lipinski definition) is 3. The summed E-state index contributed by atoms with van der Waals surface area (Å²) in [5.41, 5.74) is 0.309. The van der Waals surface area contributed by atoms with E-state index in [2.05, 4.69) is 18.3 Å². The fraction of sp³-hybridized carbons (Fsp3) is 0.692. The predicted molar refractivity (Wildman–Crippen MR) is 63.5 cm³/mol. The first kappa shape index (κ1) is 11.7. The quantitative estimate of drug-likeness (QED) is 0.719. The lowest BCUT2D eigenvalue weighted by Crippen LogP contribution is -2.24. The molecule has 2 unspecified atom stereocenters. The average Bonchev–Trinajstić information content (AvgIpc) is 2.76. The van der Waals surface area contributed by atoms with Crippen molar-refractivity contribution in [3.05, 3.63) is 24.2 Å². The van der Waals surface area contributed by atoms with Gasteiger partial charge in [0.2, 0.25) is 0 Å². The zero-order valence-electron chi connectivity index (χ0n) is 10.2. The second-order valence-corrected chi connectivity index (χ2v) is 4.58. The Hall–Kier alpha value is -0.800. The standard InChI is InChI=1S/C13H21NO2/c1-3-13(12-5-4-7-16-12)9-11(13)10-14-6-8-15-2/h4-5,7,11,14H,3,6,8-10H2,1-2H3. The molecular weight excluding hydrogens is 202 g/mol. The number of hydrogen-bond donors (Lipinski definition) is 1. The van der Waals surface area contributed by atoms with Crippen molar-refractivity contribution in [1.82, 2.24) is 5.32 Å². The van der Waals surface area contributed by atoms with Crippen LogP contribution in [0, 0.1) is 5.92 Å². The second kappa shape index (κ2) is 5.02. The van der Waals surface area contributed by atoms with Gasteiger partial charge in [0.25, 0.3) is 0 Å². The molecule has 3 heteroatoms. The molecule has 3 nitrogen and oxygen atoms in total. The molecule has 0 bridgehead atoms. The number of methoxy groups -OCH3 is 1. The lowest BCUT2D eigenvalue weighted by Gasteiger charge is -2.12. The van der Waals surface area contributed by atoms with E-state index >= 15 is 0 Å². The van der Waals surface area contributed by atoms with E-state index in [1.54, 1.807) is 13.4 Å². The van der Waals surface area contributed by atoms with Crippen molar-refractivity contribution in [3.63, 3.8) is 0 Å². The summed E-state index contributed by atoms with van der Waals surface area (Å²) in [6.07, 6.45) is 4.19. The summed E-state index contributed by atoms with van der Waals surface area (Å²) in [7, 11) is 1.73. The third-order valence-electron chi connectivity index (χ3n) is 3.75. The van der Waals surface area contributed by atoms with Crippen LogP contribution in [-0.4, -0.2) is 26.8 Å². The van der Waals surface area contributed by atoms with Crippen molar-refractivity contribution in [2.45, 2.75) is 25.2 Å². The van der Waals surface area contributed by atoms with Gasteiger partial charge in [0, 0.05) is 19.1 Å². The van der Waals surface area contributed by atoms with Crippen LogP contribution >= 0.6 is 0 Å². The highest BCUT2D eigenvalue weighted by molar-refractivity contribution is 5.25. The van der Waals surface area contributed by atoms with E-state index in [0.717, 1.165) is 37.8 Å². The van der Waals surface area contributed by atoms with Crippen molar-refractivity contribution >= 4 is 0 Å². The third kappa shape index (κ3) is 2.15. The summed E-state index contributed by atoms with van der Waals surface area (Å²) >= 11 is 0. The Morgan fingerprint density at radius 2 is 2.50 bits per heavy atom. The van der Waals surface area contributed by atoms with E-state index in [1.807, 2.05) is 6.07 Å². The second-order valence-electron chi connectivity index (χ2n) is 4.58. The van der Waals surface area contributed by atoms with E-state index in [-0.39, 0.29) is 0 Å². The van der Waals surface area contributed by atoms with Crippen LogP contribution in [0.1, 0.15) is 25.5 Å². The molecule has 1 aliphatic carbocycles. The first-order valence-corrected chi connectivity index (χ1v) is 6.07. The van der Waals surface area contributed by atoms with Crippen LogP contribution in [0.15, 0.2) is 22.8 Å². The zero-order chi connectivity index (χ0) is 11.4. The lowest BCUT2D eigenvalue weighted by molar-refractivity contribution is 0.198. The molecule has 1 saturated carbocycles. The number of rotatable bonds is 7. The van der Waals surface area contributed by atoms with Gasteiger partial charge in [-0.05, 0) is 37.4 Å². The largest absolute Gasteiger partial charge is 0.469 e. The Labute approximate surface area is 97.2 Å². The first-order chi connectivity index (χ1) is 7.83. The molecule has 0 spiro atoms. The molecule has 2 atom stereocenters. The highest BCUT2D eigenvalue weighted by atomic mass is 16.5. The van der Waals surface area contributed by atoms with Gasteiger partial charge in [-0.3, -0.25) is 0 Å². The molecule has 0 radical (unpaired) electrons. The minimum absolute atomic E-state index is 0.309. The maximum atomic E-state index is 5.56. The molecule has 0 aliphatic heterocycles. The molecule has 0 saturated heterocycles. The first-order valence-electron chi connectivity index (χ1n) is 6.07. The Balaban J connectivity index is 1.82. The highest BCUT2D eigenvalue weighted by Crippen LogP contribution is 2.56. The Bertz CT molecular complexity index is 310. The van der Waals surface area contributed by atoms with Gasteiger partial charge >= 0.3 is 0 Å². The predicted octanol–water partition coefficient (Wildman–Crippen LogP) is 2.18. The molecular formula is C13H21NO2. The molecule has 0 aromatic carbocycles. The summed E-state index contributed by atoms with van der Waals surface area (Å²) in [4.78, 5) is 0. The molecule has 1 aromatic rings. The third-order valence-corrected chi connectivity index (χ3v) is 3.75. The Kier molecular flexibility index (Phi) is 3.66. The van der Waals surface area contributed by atoms with Crippen LogP contribution in [0.4, 0.5) is 0 Å². The zero-order valence-corrected chi connectivity index (χ0v) is 10.2. The SMILES string of the molecule is CCC1(c2ccco2)CC1CNCCOC. The van der Waals surface area contributed by atoms with Crippen LogP contribution in [0.3, 0.4) is 0 Å². The van der Waals surface area contributed by atoms with Gasteiger partial charge in [-0.15, -0.1) is 0 Å². The van der Waals surface area contributed by atoms with E-state index in [1.165, 1.54) is 6.42 Å². The summed E-state index contributed by atoms with van der Waals surface area (Å²) < 4.78 is 10.6. The highest BCUT2D eigenvalue weighted by Gasteiger charge is 2.55. The maximum Gasteiger partial charge on any atom is 0.110 e. The van der Waals surface area contributed by atoms with Gasteiger partial charge in [-0.2, -0.15) is 0 Å². The van der Waals surface area contributed by atoms with Crippen LogP contribution in [-0.2, 0) is 10.2 Å². The van der Waals surface area contributed by atoms with Gasteiger partial charge in [-0.1, -0.05) is 6.92 Å². The molecule has 1 aliphatic rings. The van der Waals surface area contributed by atoms with Gasteiger partial charge in [0.1, 0.15) is 5.76 Å². The van der Waals surface area contributed by atoms with E-state index in [9.17, 15) is 0 Å². The summed E-state index contributed by atoms with van der Waals surface area (Å²) in [5, 5.41) is 3.43. The summed E-state index contributed by atoms with van der Waals surface area (Å²) in [6, 6.07) is 4.10. The molecule has 2 rings (SSSR count). The molecule has 1 aromatic heterocycles. The Morgan fingerprint density at radius 1 is 1.62 bits per heavy atom. The van der Waals surface area contributed by atoms with Gasteiger partial charge < -0.3 is 14.5 Å². The van der Waals surface area contributed by atoms with Crippen LogP contribution in [0.5, 0.6) is 0 Å². The topological polar surface area (TPSA) is 34.4 Å². The number of ether oxygens (including phenoxy) is 1. The lowest BCUT2D eigenvalue weighted by atomic mass is 9.97. The minimum atomic E-state index is 0.309. The van der Waals surface area contributed by atoms with Gasteiger partial charge in [0.05, 0.1) is 12.9 Å². The molecule has 1 fully saturated rings. The van der Waals surface area contributed by atoms with Gasteiger partial charge in [-0.25, -0.2) is 0 Å². The van der Waals surface area contributed by atoms with Crippen molar-refractivity contribution in [2.24, 2.45) is 5.92 Å². The number of nitrogens with one attached hydrogen (secondary N) is 1. The van der Waals surface area contributed by atoms with E-state index < -0.39 is 0 Å². The minimum Gasteiger partial charge on any atom is -0.469 e. The number of furan rings is 1. The monoisotopic (exact) mass is 223 g/mol. The van der Waals surface area contributed by atoms with Gasteiger partial charge in [0.15, 0.2) is 0 Å². The van der Waals surface area contributed by atoms with E-state index in [0.29, 0.717) is 5.41 Å². The normalized spacial score (nSPS) is 28.2. The van der Waals surface area contributed by atoms with Crippen molar-refractivity contribution in [1.29, 1.82) is 0 Å². The smallest absolute Gasteiger partial charge is 0.110 e. The fourth-order valence-electron chi connectivity index (χ4n) is 2.57. The van der Waals surface area contributed by atoms with Crippen molar-refractivity contribution in [3.8, 4) is 0 Å². The molecule has 0 amide bonds. The fourth-order valence-corrected chi connectivity index (χ4v) is 2.57. The molecule has 90 valence electrons. The summed E-state index contributed by atoms with van der Waals surface area (Å²) in [5.74, 6) is 1.88. The molecule has 16 heavy (non-hydrogen) atoms. The molecule has 1 N–H and O–H groups in total.